The minimum atomic E-state index is -4.95. The Bertz CT molecular complexity index is 1990. The van der Waals surface area contributed by atoms with Gasteiger partial charge in [-0.15, -0.1) is 12.4 Å². The third-order valence-electron chi connectivity index (χ3n) is 4.75. The summed E-state index contributed by atoms with van der Waals surface area (Å²) in [5.41, 5.74) is 0.938. The second-order valence-electron chi connectivity index (χ2n) is 8.20. The van der Waals surface area contributed by atoms with Crippen LogP contribution >= 0.6 is 12.4 Å². The van der Waals surface area contributed by atoms with E-state index < -0.39 is 61.8 Å². The van der Waals surface area contributed by atoms with E-state index in [0.717, 1.165) is 33.1 Å². The van der Waals surface area contributed by atoms with Gasteiger partial charge in [-0.05, 0) is 55.5 Å². The molecular formula is C22H25ClF6N6O8S9. The number of nitrogen functional groups attached to an aromatic ring is 1. The molecule has 0 fully saturated rings. The second kappa shape index (κ2) is 25.6. The van der Waals surface area contributed by atoms with Crippen LogP contribution < -0.4 is 27.1 Å². The van der Waals surface area contributed by atoms with E-state index >= 15 is 0 Å². The van der Waals surface area contributed by atoms with Gasteiger partial charge in [0.25, 0.3) is 5.56 Å². The first-order valence-corrected chi connectivity index (χ1v) is 22.0. The lowest BCUT2D eigenvalue weighted by atomic mass is 10.3. The number of nitrogens with one attached hydrogen (secondary N) is 2. The molecule has 14 nitrogen and oxygen atoms in total. The maximum Gasteiger partial charge on any atom is 0.450 e. The second-order valence-corrected chi connectivity index (χ2v) is 16.6. The van der Waals surface area contributed by atoms with Crippen molar-refractivity contribution in [2.24, 2.45) is 16.1 Å². The number of esters is 1. The molecule has 1 aromatic heterocycles. The Kier molecular flexibility index (Phi) is 26.5. The number of sulfonamides is 2. The summed E-state index contributed by atoms with van der Waals surface area (Å²) in [7, 11) is -4.24. The summed E-state index contributed by atoms with van der Waals surface area (Å²) >= 11 is 16.9. The number of carbonyl (C=O) groups is 2. The molecule has 3 aromatic rings. The van der Waals surface area contributed by atoms with Gasteiger partial charge in [0.1, 0.15) is 12.1 Å². The third kappa shape index (κ3) is 22.6. The van der Waals surface area contributed by atoms with Crippen LogP contribution in [0.4, 0.5) is 32.0 Å². The lowest BCUT2D eigenvalue weighted by molar-refractivity contribution is -0.174. The fourth-order valence-corrected chi connectivity index (χ4v) is 3.73. The van der Waals surface area contributed by atoms with Gasteiger partial charge < -0.3 is 10.2 Å². The molecule has 1 heterocycles. The summed E-state index contributed by atoms with van der Waals surface area (Å²) in [5.74, 6) is 1.84. The van der Waals surface area contributed by atoms with E-state index in [4.69, 9.17) is 16.1 Å². The highest BCUT2D eigenvalue weighted by molar-refractivity contribution is 8.51. The van der Waals surface area contributed by atoms with Crippen molar-refractivity contribution in [3.8, 4) is 5.69 Å². The zero-order valence-corrected chi connectivity index (χ0v) is 33.6. The SMILES string of the molecule is CCOC(=O)CC(=O)C(F)(F)F.Cl.NNc1ccc(S(N)(=O)=O)cc1.NS(=O)(=O)c1ccc(-n2[nH]c(C(F)(F)F)cc2=O)cc1.S=S=S.S=S=S=S. The van der Waals surface area contributed by atoms with Crippen molar-refractivity contribution in [3.05, 3.63) is 70.6 Å². The number of primary sulfonamides is 2. The number of alkyl halides is 6. The molecule has 0 radical (unpaired) electrons. The molecule has 0 unspecified atom stereocenters. The number of ketones is 1. The third-order valence-corrected chi connectivity index (χ3v) is 8.83. The smallest absolute Gasteiger partial charge is 0.450 e. The average Bonchev–Trinajstić information content (AvgIpc) is 3.43. The predicted molar refractivity (Wildman–Crippen MR) is 200 cm³/mol. The van der Waals surface area contributed by atoms with Gasteiger partial charge >= 0.3 is 18.3 Å². The Hall–Kier alpha value is -2.42. The first-order chi connectivity index (χ1) is 23.3. The molecule has 0 amide bonds. The summed E-state index contributed by atoms with van der Waals surface area (Å²) in [6.07, 6.45) is -10.9. The number of rotatable bonds is 7. The van der Waals surface area contributed by atoms with E-state index in [0.29, 0.717) is 16.4 Å². The van der Waals surface area contributed by atoms with E-state index in [-0.39, 0.29) is 34.5 Å². The molecule has 52 heavy (non-hydrogen) atoms. The van der Waals surface area contributed by atoms with Crippen LogP contribution in [0.25, 0.3) is 5.69 Å². The number of hydrogen-bond acceptors (Lipinski definition) is 14. The van der Waals surface area contributed by atoms with Crippen molar-refractivity contribution in [1.82, 2.24) is 9.78 Å². The van der Waals surface area contributed by atoms with Crippen molar-refractivity contribution < 1.29 is 57.5 Å². The maximum atomic E-state index is 12.4. The van der Waals surface area contributed by atoms with Gasteiger partial charge in [-0.25, -0.2) is 31.8 Å². The van der Waals surface area contributed by atoms with Crippen molar-refractivity contribution >= 4 is 121 Å². The average molecular weight is 940 g/mol. The molecule has 0 atom stereocenters. The molecule has 0 saturated heterocycles. The molecule has 0 aliphatic carbocycles. The van der Waals surface area contributed by atoms with E-state index in [1.54, 1.807) is 0 Å². The predicted octanol–water partition coefficient (Wildman–Crippen LogP) is 1.93. The number of nitrogens with zero attached hydrogens (tertiary/aromatic N) is 1. The highest BCUT2D eigenvalue weighted by Gasteiger charge is 2.39. The fourth-order valence-electron chi connectivity index (χ4n) is 2.70. The molecule has 0 aliphatic rings. The van der Waals surface area contributed by atoms with Crippen molar-refractivity contribution in [3.63, 3.8) is 0 Å². The standard InChI is InChI=1S/C10H8F3N3O3S.C6H7F3O3.C6H9N3O2S.ClH.S4.S3/c11-10(12,13)8-5-9(17)16(15-8)6-1-3-7(4-2-6)20(14,18)19;1-2-12-5(11)3-4(10)6(7,8)9;7-9-5-1-3-6(4-2-5)12(8,10)11;;1-3-4-2;1-3-2/h1-5,15H,(H2,14,18,19);2-3H2,1H3;1-4,9H,7H2,(H2,8,10,11);1H;;. The van der Waals surface area contributed by atoms with Gasteiger partial charge in [-0.3, -0.25) is 25.3 Å². The normalized spacial score (nSPS) is 10.6. The van der Waals surface area contributed by atoms with Gasteiger partial charge in [-0.1, -0.05) is 0 Å². The first kappa shape index (κ1) is 53.9. The van der Waals surface area contributed by atoms with Gasteiger partial charge in [0.2, 0.25) is 25.8 Å². The number of aromatic nitrogens is 2. The molecule has 30 heteroatoms. The number of carbonyl (C=O) groups excluding carboxylic acids is 2. The highest BCUT2D eigenvalue weighted by atomic mass is 35.5. The largest absolute Gasteiger partial charge is 0.466 e. The molecule has 294 valence electrons. The van der Waals surface area contributed by atoms with E-state index in [1.165, 1.54) is 49.0 Å². The van der Waals surface area contributed by atoms with Crippen LogP contribution in [-0.2, 0) is 112 Å². The first-order valence-electron chi connectivity index (χ1n) is 12.2. The number of halogens is 7. The maximum absolute atomic E-state index is 12.4. The van der Waals surface area contributed by atoms with Crippen LogP contribution in [0.5, 0.6) is 0 Å². The number of benzene rings is 2. The number of Topliss-reactive ketones (excluding diaryl/α,β-unsaturated/α-hetero) is 1. The van der Waals surface area contributed by atoms with E-state index in [2.05, 4.69) is 54.9 Å². The Morgan fingerprint density at radius 2 is 1.27 bits per heavy atom. The number of H-pyrrole nitrogens is 1. The van der Waals surface area contributed by atoms with Crippen LogP contribution in [0, 0.1) is 0 Å². The van der Waals surface area contributed by atoms with Crippen LogP contribution in [-0.4, -0.2) is 51.2 Å². The molecular weight excluding hydrogens is 914 g/mol. The van der Waals surface area contributed by atoms with Gasteiger partial charge in [0.05, 0.1) is 22.1 Å². The minimum Gasteiger partial charge on any atom is -0.466 e. The highest BCUT2D eigenvalue weighted by Crippen LogP contribution is 2.26. The Morgan fingerprint density at radius 1 is 0.865 bits per heavy atom. The van der Waals surface area contributed by atoms with Crippen LogP contribution in [0.15, 0.2) is 69.2 Å². The number of ether oxygens (including phenoxy) is 1. The molecule has 0 saturated carbocycles. The topological polar surface area (TPSA) is 240 Å². The number of aromatic amines is 1. The monoisotopic (exact) mass is 938 g/mol. The number of nitrogens with two attached hydrogens (primary N) is 3. The quantitative estimate of drug-likeness (QED) is 0.0749. The van der Waals surface area contributed by atoms with Crippen LogP contribution in [0.1, 0.15) is 19.0 Å². The Balaban J connectivity index is -0.000000654. The van der Waals surface area contributed by atoms with Crippen molar-refractivity contribution in [1.29, 1.82) is 0 Å². The van der Waals surface area contributed by atoms with Gasteiger partial charge in [0.15, 0.2) is 0 Å². The van der Waals surface area contributed by atoms with Crippen molar-refractivity contribution in [2.75, 3.05) is 12.0 Å². The van der Waals surface area contributed by atoms with Crippen molar-refractivity contribution in [2.45, 2.75) is 35.5 Å². The fraction of sp³-hybridized carbons (Fsp3) is 0.227. The molecule has 8 N–H and O–H groups in total. The molecule has 0 aliphatic heterocycles. The lowest BCUT2D eigenvalue weighted by Crippen LogP contribution is -2.26. The summed E-state index contributed by atoms with van der Waals surface area (Å²) in [5, 5.41) is 11.6. The molecule has 0 spiro atoms. The molecule has 3 rings (SSSR count). The molecule has 2 aromatic carbocycles. The zero-order valence-electron chi connectivity index (χ0n) is 25.4. The summed E-state index contributed by atoms with van der Waals surface area (Å²) < 4.78 is 120. The summed E-state index contributed by atoms with van der Waals surface area (Å²) in [6, 6.07) is 10.7. The summed E-state index contributed by atoms with van der Waals surface area (Å²) in [6.45, 7) is 1.40. The summed E-state index contributed by atoms with van der Waals surface area (Å²) in [4.78, 5) is 31.8. The van der Waals surface area contributed by atoms with E-state index in [1.807, 2.05) is 5.10 Å². The van der Waals surface area contributed by atoms with Crippen LogP contribution in [0.3, 0.4) is 0 Å². The van der Waals surface area contributed by atoms with Gasteiger partial charge in [-0.2, -0.15) is 26.3 Å². The van der Waals surface area contributed by atoms with Crippen LogP contribution in [0.2, 0.25) is 0 Å². The Morgan fingerprint density at radius 3 is 1.56 bits per heavy atom. The minimum absolute atomic E-state index is 0. The Labute approximate surface area is 326 Å². The molecule has 0 bridgehead atoms. The lowest BCUT2D eigenvalue weighted by Gasteiger charge is -2.05. The van der Waals surface area contributed by atoms with Gasteiger partial charge in [0, 0.05) is 83.1 Å². The number of anilines is 1. The number of hydrogen-bond donors (Lipinski definition) is 5. The van der Waals surface area contributed by atoms with E-state index in [9.17, 15) is 57.6 Å². The number of hydrazine groups is 1. The zero-order chi connectivity index (χ0) is 40.2.